The zero-order chi connectivity index (χ0) is 17.8. The van der Waals surface area contributed by atoms with Gasteiger partial charge < -0.3 is 4.90 Å². The Morgan fingerprint density at radius 1 is 1.15 bits per heavy atom. The predicted molar refractivity (Wildman–Crippen MR) is 104 cm³/mol. The van der Waals surface area contributed by atoms with E-state index < -0.39 is 0 Å². The van der Waals surface area contributed by atoms with Gasteiger partial charge in [0, 0.05) is 29.9 Å². The Bertz CT molecular complexity index is 863. The number of piperidine rings is 1. The summed E-state index contributed by atoms with van der Waals surface area (Å²) in [5.41, 5.74) is 3.08. The molecule has 132 valence electrons. The van der Waals surface area contributed by atoms with Crippen LogP contribution in [-0.4, -0.2) is 27.3 Å². The molecule has 0 bridgehead atoms. The fraction of sp³-hybridized carbons (Fsp3) is 0.286. The summed E-state index contributed by atoms with van der Waals surface area (Å²) >= 11 is 1.60. The van der Waals surface area contributed by atoms with Gasteiger partial charge in [-0.05, 0) is 30.9 Å². The van der Waals surface area contributed by atoms with Gasteiger partial charge in [0.1, 0.15) is 5.01 Å². The Balaban J connectivity index is 1.49. The van der Waals surface area contributed by atoms with Crippen molar-refractivity contribution < 1.29 is 4.79 Å². The number of hydrogen-bond acceptors (Lipinski definition) is 4. The van der Waals surface area contributed by atoms with Gasteiger partial charge in [0.2, 0.25) is 5.91 Å². The summed E-state index contributed by atoms with van der Waals surface area (Å²) < 4.78 is 0. The van der Waals surface area contributed by atoms with Crippen LogP contribution in [0.2, 0.25) is 0 Å². The van der Waals surface area contributed by atoms with E-state index in [-0.39, 0.29) is 11.9 Å². The maximum atomic E-state index is 13.0. The van der Waals surface area contributed by atoms with Gasteiger partial charge in [0.05, 0.1) is 18.2 Å². The van der Waals surface area contributed by atoms with Crippen molar-refractivity contribution in [1.82, 2.24) is 14.9 Å². The minimum Gasteiger partial charge on any atom is -0.335 e. The van der Waals surface area contributed by atoms with Crippen LogP contribution < -0.4 is 0 Å². The second kappa shape index (κ2) is 7.79. The third kappa shape index (κ3) is 3.68. The predicted octanol–water partition coefficient (Wildman–Crippen LogP) is 4.50. The van der Waals surface area contributed by atoms with Gasteiger partial charge >= 0.3 is 0 Å². The second-order valence-electron chi connectivity index (χ2n) is 6.57. The summed E-state index contributed by atoms with van der Waals surface area (Å²) in [6.07, 6.45) is 7.24. The third-order valence-electron chi connectivity index (χ3n) is 4.80. The van der Waals surface area contributed by atoms with Crippen molar-refractivity contribution in [3.8, 4) is 10.6 Å². The number of rotatable bonds is 4. The van der Waals surface area contributed by atoms with E-state index in [1.54, 1.807) is 17.5 Å². The third-order valence-corrected chi connectivity index (χ3v) is 5.74. The number of carbonyl (C=O) groups excluding carboxylic acids is 1. The molecule has 0 aliphatic carbocycles. The van der Waals surface area contributed by atoms with E-state index in [1.807, 2.05) is 52.9 Å². The van der Waals surface area contributed by atoms with Crippen LogP contribution >= 0.6 is 11.3 Å². The number of thiazole rings is 1. The quantitative estimate of drug-likeness (QED) is 0.685. The highest BCUT2D eigenvalue weighted by Gasteiger charge is 2.28. The summed E-state index contributed by atoms with van der Waals surface area (Å²) in [5.74, 6) is 0.156. The van der Waals surface area contributed by atoms with Gasteiger partial charge in [-0.3, -0.25) is 9.78 Å². The molecule has 4 nitrogen and oxygen atoms in total. The number of nitrogens with zero attached hydrogens (tertiary/aromatic N) is 3. The van der Waals surface area contributed by atoms with Crippen LogP contribution in [0.5, 0.6) is 0 Å². The van der Waals surface area contributed by atoms with E-state index >= 15 is 0 Å². The van der Waals surface area contributed by atoms with E-state index in [9.17, 15) is 4.79 Å². The highest BCUT2D eigenvalue weighted by molar-refractivity contribution is 7.13. The molecule has 5 heteroatoms. The van der Waals surface area contributed by atoms with Gasteiger partial charge in [-0.15, -0.1) is 11.3 Å². The lowest BCUT2D eigenvalue weighted by Crippen LogP contribution is -2.39. The first-order chi connectivity index (χ1) is 12.8. The van der Waals surface area contributed by atoms with E-state index in [0.717, 1.165) is 47.6 Å². The maximum absolute atomic E-state index is 13.0. The molecule has 3 aromatic rings. The second-order valence-corrected chi connectivity index (χ2v) is 7.43. The Labute approximate surface area is 157 Å². The SMILES string of the molecule is O=C(Cc1csc(-c2ccccc2)n1)N1CCCC[C@@H]1c1cccnc1. The van der Waals surface area contributed by atoms with Crippen LogP contribution in [-0.2, 0) is 11.2 Å². The molecule has 4 rings (SSSR count). The molecule has 26 heavy (non-hydrogen) atoms. The molecule has 1 atom stereocenters. The summed E-state index contributed by atoms with van der Waals surface area (Å²) in [6, 6.07) is 14.3. The zero-order valence-electron chi connectivity index (χ0n) is 14.5. The lowest BCUT2D eigenvalue weighted by atomic mass is 9.96. The van der Waals surface area contributed by atoms with Crippen LogP contribution in [0, 0.1) is 0 Å². The first-order valence-electron chi connectivity index (χ1n) is 9.00. The molecule has 1 saturated heterocycles. The molecular formula is C21H21N3OS. The summed E-state index contributed by atoms with van der Waals surface area (Å²) in [7, 11) is 0. The fourth-order valence-electron chi connectivity index (χ4n) is 3.51. The minimum atomic E-state index is 0.136. The molecule has 1 aliphatic rings. The van der Waals surface area contributed by atoms with Crippen LogP contribution in [0.15, 0.2) is 60.2 Å². The molecule has 1 aromatic carbocycles. The number of hydrogen-bond donors (Lipinski definition) is 0. The van der Waals surface area contributed by atoms with Gasteiger partial charge in [-0.2, -0.15) is 0 Å². The number of pyridine rings is 1. The lowest BCUT2D eigenvalue weighted by Gasteiger charge is -2.36. The van der Waals surface area contributed by atoms with Crippen molar-refractivity contribution >= 4 is 17.2 Å². The van der Waals surface area contributed by atoms with Gasteiger partial charge in [0.25, 0.3) is 0 Å². The van der Waals surface area contributed by atoms with Crippen LogP contribution in [0.25, 0.3) is 10.6 Å². The Morgan fingerprint density at radius 3 is 2.85 bits per heavy atom. The molecule has 0 saturated carbocycles. The monoisotopic (exact) mass is 363 g/mol. The molecule has 1 amide bonds. The largest absolute Gasteiger partial charge is 0.335 e. The Morgan fingerprint density at radius 2 is 2.04 bits per heavy atom. The normalized spacial score (nSPS) is 17.2. The van der Waals surface area contributed by atoms with Gasteiger partial charge in [0.15, 0.2) is 0 Å². The minimum absolute atomic E-state index is 0.136. The summed E-state index contributed by atoms with van der Waals surface area (Å²) in [6.45, 7) is 0.814. The molecule has 0 radical (unpaired) electrons. The average molecular weight is 363 g/mol. The van der Waals surface area contributed by atoms with Gasteiger partial charge in [-0.25, -0.2) is 4.98 Å². The van der Waals surface area contributed by atoms with E-state index in [0.29, 0.717) is 6.42 Å². The lowest BCUT2D eigenvalue weighted by molar-refractivity contribution is -0.134. The zero-order valence-corrected chi connectivity index (χ0v) is 15.4. The van der Waals surface area contributed by atoms with E-state index in [4.69, 9.17) is 0 Å². The standard InChI is InChI=1S/C21H21N3OS/c25-20(13-18-15-26-21(23-18)16-7-2-1-3-8-16)24-12-5-4-10-19(24)17-9-6-11-22-14-17/h1-3,6-9,11,14-15,19H,4-5,10,12-13H2/t19-/m1/s1. The molecular weight excluding hydrogens is 342 g/mol. The highest BCUT2D eigenvalue weighted by atomic mass is 32.1. The molecule has 0 N–H and O–H groups in total. The number of amides is 1. The first kappa shape index (κ1) is 16.9. The van der Waals surface area contributed by atoms with E-state index in [2.05, 4.69) is 16.0 Å². The van der Waals surface area contributed by atoms with Crippen molar-refractivity contribution in [2.45, 2.75) is 31.7 Å². The van der Waals surface area contributed by atoms with Gasteiger partial charge in [-0.1, -0.05) is 36.4 Å². The first-order valence-corrected chi connectivity index (χ1v) is 9.88. The van der Waals surface area contributed by atoms with Crippen LogP contribution in [0.1, 0.15) is 36.6 Å². The topological polar surface area (TPSA) is 46.1 Å². The van der Waals surface area contributed by atoms with Crippen molar-refractivity contribution in [2.24, 2.45) is 0 Å². The molecule has 3 heterocycles. The average Bonchev–Trinajstić information content (AvgIpc) is 3.18. The molecule has 1 fully saturated rings. The van der Waals surface area contributed by atoms with Crippen molar-refractivity contribution in [3.63, 3.8) is 0 Å². The Kier molecular flexibility index (Phi) is 5.07. The Hall–Kier alpha value is -2.53. The van der Waals surface area contributed by atoms with Crippen molar-refractivity contribution in [3.05, 3.63) is 71.5 Å². The number of benzene rings is 1. The van der Waals surface area contributed by atoms with E-state index in [1.165, 1.54) is 0 Å². The number of carbonyl (C=O) groups is 1. The van der Waals surface area contributed by atoms with Crippen molar-refractivity contribution in [2.75, 3.05) is 6.54 Å². The molecule has 1 aliphatic heterocycles. The highest BCUT2D eigenvalue weighted by Crippen LogP contribution is 2.31. The smallest absolute Gasteiger partial charge is 0.229 e. The molecule has 0 spiro atoms. The van der Waals surface area contributed by atoms with Crippen molar-refractivity contribution in [1.29, 1.82) is 0 Å². The summed E-state index contributed by atoms with van der Waals surface area (Å²) in [5, 5.41) is 2.97. The summed E-state index contributed by atoms with van der Waals surface area (Å²) in [4.78, 5) is 23.9. The van der Waals surface area contributed by atoms with Crippen LogP contribution in [0.4, 0.5) is 0 Å². The van der Waals surface area contributed by atoms with Crippen LogP contribution in [0.3, 0.4) is 0 Å². The molecule has 2 aromatic heterocycles. The number of aromatic nitrogens is 2. The number of likely N-dealkylation sites (tertiary alicyclic amines) is 1. The maximum Gasteiger partial charge on any atom is 0.229 e. The molecule has 0 unspecified atom stereocenters. The fourth-order valence-corrected chi connectivity index (χ4v) is 4.33.